The minimum Gasteiger partial charge on any atom is -0.486 e. The van der Waals surface area contributed by atoms with Crippen molar-refractivity contribution >= 4 is 45.8 Å². The van der Waals surface area contributed by atoms with Gasteiger partial charge in [-0.05, 0) is 50.5 Å². The maximum Gasteiger partial charge on any atom is 0.344 e. The average Bonchev–Trinajstić information content (AvgIpc) is 3.31. The zero-order valence-electron chi connectivity index (χ0n) is 21.1. The molecule has 4 aromatic rings. The fourth-order valence-electron chi connectivity index (χ4n) is 4.73. The number of esters is 1. The zero-order valence-corrected chi connectivity index (χ0v) is 22.6. The second kappa shape index (κ2) is 11.2. The van der Waals surface area contributed by atoms with E-state index < -0.39 is 17.0 Å². The Balaban J connectivity index is 1.62. The van der Waals surface area contributed by atoms with Crippen molar-refractivity contribution in [1.29, 1.82) is 0 Å². The van der Waals surface area contributed by atoms with E-state index in [1.165, 1.54) is 31.6 Å². The Hall–Kier alpha value is -3.73. The number of carbonyl (C=O) groups is 1. The van der Waals surface area contributed by atoms with E-state index in [4.69, 9.17) is 42.5 Å². The summed E-state index contributed by atoms with van der Waals surface area (Å²) in [4.78, 5) is 27.3. The van der Waals surface area contributed by atoms with Crippen molar-refractivity contribution in [3.8, 4) is 17.0 Å². The summed E-state index contributed by atoms with van der Waals surface area (Å²) in [6.45, 7) is 2.44. The van der Waals surface area contributed by atoms with Crippen LogP contribution in [0, 0.1) is 10.1 Å². The fourth-order valence-corrected chi connectivity index (χ4v) is 5.40. The second-order valence-corrected chi connectivity index (χ2v) is 9.87. The summed E-state index contributed by atoms with van der Waals surface area (Å²) in [5, 5.41) is 18.1. The molecule has 3 heterocycles. The molecule has 1 aliphatic heterocycles. The van der Waals surface area contributed by atoms with Gasteiger partial charge >= 0.3 is 5.97 Å². The summed E-state index contributed by atoms with van der Waals surface area (Å²) in [6, 6.07) is 9.81. The highest BCUT2D eigenvalue weighted by atomic mass is 35.5. The lowest BCUT2D eigenvalue weighted by Crippen LogP contribution is -2.19. The first-order valence-corrected chi connectivity index (χ1v) is 13.0. The van der Waals surface area contributed by atoms with Crippen LogP contribution in [0.1, 0.15) is 54.4 Å². The summed E-state index contributed by atoms with van der Waals surface area (Å²) in [5.41, 5.74) is 1.80. The van der Waals surface area contributed by atoms with Crippen LogP contribution in [0.25, 0.3) is 22.2 Å². The largest absolute Gasteiger partial charge is 0.486 e. The number of rotatable bonds is 7. The number of nitro groups is 1. The molecule has 2 atom stereocenters. The summed E-state index contributed by atoms with van der Waals surface area (Å²) in [6.07, 6.45) is 4.98. The highest BCUT2D eigenvalue weighted by molar-refractivity contribution is 6.35. The standard InChI is InChI=1S/C27H24Cl2N4O6/c1-15(25-20(28)13-30-14-21(25)29)39-17-7-9-22-19(12-17)26(31-32(22)24-5-3-4-10-38-24)16-6-8-18(27(34)37-2)23(11-16)33(35)36/h6-9,11-15,24H,3-5,10H2,1-2H3/t15-,24?/m1/s1. The molecule has 0 radical (unpaired) electrons. The number of nitrogens with zero attached hydrogens (tertiary/aromatic N) is 4. The lowest BCUT2D eigenvalue weighted by Gasteiger charge is -2.23. The van der Waals surface area contributed by atoms with E-state index in [0.717, 1.165) is 24.8 Å². The van der Waals surface area contributed by atoms with Crippen LogP contribution >= 0.6 is 23.2 Å². The van der Waals surface area contributed by atoms with Gasteiger partial charge in [-0.2, -0.15) is 5.10 Å². The maximum atomic E-state index is 12.1. The second-order valence-electron chi connectivity index (χ2n) is 9.05. The first-order valence-electron chi connectivity index (χ1n) is 12.2. The number of halogens is 2. The molecule has 0 aliphatic carbocycles. The molecular weight excluding hydrogens is 547 g/mol. The van der Waals surface area contributed by atoms with Crippen molar-refractivity contribution < 1.29 is 23.9 Å². The lowest BCUT2D eigenvalue weighted by atomic mass is 10.0. The van der Waals surface area contributed by atoms with Gasteiger partial charge in [-0.15, -0.1) is 0 Å². The normalized spacial score (nSPS) is 16.2. The van der Waals surface area contributed by atoms with Crippen LogP contribution in [-0.2, 0) is 9.47 Å². The van der Waals surface area contributed by atoms with Gasteiger partial charge in [-0.1, -0.05) is 29.3 Å². The highest BCUT2D eigenvalue weighted by Gasteiger charge is 2.26. The van der Waals surface area contributed by atoms with E-state index in [9.17, 15) is 14.9 Å². The van der Waals surface area contributed by atoms with Crippen LogP contribution < -0.4 is 4.74 Å². The van der Waals surface area contributed by atoms with Crippen molar-refractivity contribution in [2.75, 3.05) is 13.7 Å². The van der Waals surface area contributed by atoms with Gasteiger partial charge in [0, 0.05) is 41.6 Å². The van der Waals surface area contributed by atoms with E-state index in [1.807, 2.05) is 25.1 Å². The number of fused-ring (bicyclic) bond motifs is 1. The lowest BCUT2D eigenvalue weighted by molar-refractivity contribution is -0.385. The fraction of sp³-hybridized carbons (Fsp3) is 0.296. The molecule has 2 aromatic carbocycles. The zero-order chi connectivity index (χ0) is 27.7. The summed E-state index contributed by atoms with van der Waals surface area (Å²) < 4.78 is 18.7. The van der Waals surface area contributed by atoms with Crippen molar-refractivity contribution in [1.82, 2.24) is 14.8 Å². The third-order valence-electron chi connectivity index (χ3n) is 6.59. The van der Waals surface area contributed by atoms with Crippen LogP contribution in [0.15, 0.2) is 48.8 Å². The van der Waals surface area contributed by atoms with Crippen molar-refractivity contribution in [3.63, 3.8) is 0 Å². The molecule has 5 rings (SSSR count). The number of hydrogen-bond acceptors (Lipinski definition) is 8. The number of methoxy groups -OCH3 is 1. The quantitative estimate of drug-likeness (QED) is 0.133. The molecular formula is C27H24Cl2N4O6. The Morgan fingerprint density at radius 2 is 1.95 bits per heavy atom. The summed E-state index contributed by atoms with van der Waals surface area (Å²) in [5.74, 6) is -0.276. The molecule has 202 valence electrons. The van der Waals surface area contributed by atoms with E-state index in [1.54, 1.807) is 10.7 Å². The smallest absolute Gasteiger partial charge is 0.344 e. The average molecular weight is 571 g/mol. The topological polar surface area (TPSA) is 119 Å². The summed E-state index contributed by atoms with van der Waals surface area (Å²) >= 11 is 12.6. The van der Waals surface area contributed by atoms with Crippen molar-refractivity contribution in [2.45, 2.75) is 38.5 Å². The predicted octanol–water partition coefficient (Wildman–Crippen LogP) is 6.94. The number of hydrogen-bond donors (Lipinski definition) is 0. The SMILES string of the molecule is COC(=O)c1ccc(-c2nn(C3CCCCO3)c3ccc(O[C@H](C)c4c(Cl)cncc4Cl)cc23)cc1[N+](=O)[O-]. The van der Waals surface area contributed by atoms with E-state index in [-0.39, 0.29) is 17.5 Å². The van der Waals surface area contributed by atoms with Crippen LogP contribution in [0.2, 0.25) is 10.0 Å². The molecule has 12 heteroatoms. The molecule has 1 saturated heterocycles. The molecule has 0 N–H and O–H groups in total. The van der Waals surface area contributed by atoms with Crippen LogP contribution in [0.5, 0.6) is 5.75 Å². The molecule has 10 nitrogen and oxygen atoms in total. The van der Waals surface area contributed by atoms with E-state index in [2.05, 4.69) is 4.98 Å². The Morgan fingerprint density at radius 3 is 2.62 bits per heavy atom. The highest BCUT2D eigenvalue weighted by Crippen LogP contribution is 2.38. The van der Waals surface area contributed by atoms with Gasteiger partial charge < -0.3 is 14.2 Å². The van der Waals surface area contributed by atoms with Crippen molar-refractivity contribution in [2.24, 2.45) is 0 Å². The number of ether oxygens (including phenoxy) is 3. The third-order valence-corrected chi connectivity index (χ3v) is 7.19. The number of carbonyl (C=O) groups excluding carboxylic acids is 1. The molecule has 1 fully saturated rings. The Morgan fingerprint density at radius 1 is 1.18 bits per heavy atom. The van der Waals surface area contributed by atoms with Gasteiger partial charge in [0.05, 0.1) is 27.6 Å². The maximum absolute atomic E-state index is 12.1. The molecule has 2 aromatic heterocycles. The molecule has 1 aliphatic rings. The summed E-state index contributed by atoms with van der Waals surface area (Å²) in [7, 11) is 1.17. The first-order chi connectivity index (χ1) is 18.8. The molecule has 0 spiro atoms. The molecule has 0 amide bonds. The molecule has 1 unspecified atom stereocenters. The van der Waals surface area contributed by atoms with Gasteiger partial charge in [-0.3, -0.25) is 15.1 Å². The van der Waals surface area contributed by atoms with Crippen molar-refractivity contribution in [3.05, 3.63) is 80.1 Å². The number of aromatic nitrogens is 3. The number of pyridine rings is 1. The van der Waals surface area contributed by atoms with Gasteiger partial charge in [0.15, 0.2) is 6.23 Å². The van der Waals surface area contributed by atoms with Crippen LogP contribution in [-0.4, -0.2) is 39.4 Å². The third kappa shape index (κ3) is 5.27. The Labute approximate surface area is 233 Å². The van der Waals surface area contributed by atoms with Gasteiger partial charge in [0.2, 0.25) is 0 Å². The van der Waals surface area contributed by atoms with E-state index in [0.29, 0.717) is 44.6 Å². The van der Waals surface area contributed by atoms with Crippen LogP contribution in [0.4, 0.5) is 5.69 Å². The van der Waals surface area contributed by atoms with Gasteiger partial charge in [0.1, 0.15) is 23.1 Å². The first kappa shape index (κ1) is 26.9. The van der Waals surface area contributed by atoms with E-state index >= 15 is 0 Å². The molecule has 39 heavy (non-hydrogen) atoms. The number of benzene rings is 2. The monoisotopic (exact) mass is 570 g/mol. The minimum absolute atomic E-state index is 0.144. The molecule has 0 bridgehead atoms. The Kier molecular flexibility index (Phi) is 7.69. The number of nitro benzene ring substituents is 1. The predicted molar refractivity (Wildman–Crippen MR) is 145 cm³/mol. The van der Waals surface area contributed by atoms with Gasteiger partial charge in [-0.25, -0.2) is 9.48 Å². The minimum atomic E-state index is -0.794. The van der Waals surface area contributed by atoms with Gasteiger partial charge in [0.25, 0.3) is 5.69 Å². The molecule has 0 saturated carbocycles. The van der Waals surface area contributed by atoms with Crippen LogP contribution in [0.3, 0.4) is 0 Å². The Bertz CT molecular complexity index is 1550.